The van der Waals surface area contributed by atoms with E-state index in [-0.39, 0.29) is 6.04 Å². The molecule has 0 bridgehead atoms. The fraction of sp³-hybridized carbons (Fsp3) is 0.333. The standard InChI is InChI=1S/C21H26N6/c1-3-4-9-21(13(2)22)26-18-16-8-7-14(15-6-5-10-24-12-15)11-17(16)25-20(23)19(18)27-21/h5-8,10-13,26-27H,3-4,9,22H2,1-2H3,(H2,23,25). The van der Waals surface area contributed by atoms with Gasteiger partial charge in [0.25, 0.3) is 0 Å². The van der Waals surface area contributed by atoms with Gasteiger partial charge >= 0.3 is 0 Å². The largest absolute Gasteiger partial charge is 0.382 e. The summed E-state index contributed by atoms with van der Waals surface area (Å²) in [6.45, 7) is 4.20. The van der Waals surface area contributed by atoms with Crippen LogP contribution in [-0.2, 0) is 0 Å². The minimum absolute atomic E-state index is 0.0828. The Balaban J connectivity index is 1.80. The summed E-state index contributed by atoms with van der Waals surface area (Å²) in [5.41, 5.74) is 17.1. The molecule has 0 fully saturated rings. The number of rotatable bonds is 5. The van der Waals surface area contributed by atoms with Crippen LogP contribution in [0, 0.1) is 0 Å². The molecule has 4 rings (SSSR count). The van der Waals surface area contributed by atoms with Crippen molar-refractivity contribution >= 4 is 28.1 Å². The van der Waals surface area contributed by atoms with Crippen molar-refractivity contribution in [2.45, 2.75) is 44.8 Å². The first-order valence-corrected chi connectivity index (χ1v) is 9.49. The molecule has 0 saturated carbocycles. The Kier molecular flexibility index (Phi) is 4.36. The number of fused-ring (bicyclic) bond motifs is 3. The van der Waals surface area contributed by atoms with Gasteiger partial charge in [0.15, 0.2) is 0 Å². The van der Waals surface area contributed by atoms with Gasteiger partial charge in [0.1, 0.15) is 17.2 Å². The lowest BCUT2D eigenvalue weighted by atomic mass is 9.96. The van der Waals surface area contributed by atoms with Crippen molar-refractivity contribution < 1.29 is 0 Å². The molecule has 0 radical (unpaired) electrons. The molecule has 0 spiro atoms. The number of benzene rings is 1. The monoisotopic (exact) mass is 362 g/mol. The van der Waals surface area contributed by atoms with Crippen LogP contribution in [0.3, 0.4) is 0 Å². The Labute approximate surface area is 159 Å². The number of pyridine rings is 2. The predicted molar refractivity (Wildman–Crippen MR) is 113 cm³/mol. The van der Waals surface area contributed by atoms with Crippen molar-refractivity contribution in [3.63, 3.8) is 0 Å². The van der Waals surface area contributed by atoms with Gasteiger partial charge in [0.2, 0.25) is 0 Å². The van der Waals surface area contributed by atoms with Gasteiger partial charge in [-0.25, -0.2) is 4.98 Å². The highest BCUT2D eigenvalue weighted by Gasteiger charge is 2.41. The second-order valence-corrected chi connectivity index (χ2v) is 7.33. The van der Waals surface area contributed by atoms with Crippen molar-refractivity contribution in [3.8, 4) is 11.1 Å². The van der Waals surface area contributed by atoms with Crippen LogP contribution >= 0.6 is 0 Å². The number of aromatic nitrogens is 2. The second-order valence-electron chi connectivity index (χ2n) is 7.33. The molecule has 1 aromatic carbocycles. The minimum atomic E-state index is -0.398. The minimum Gasteiger partial charge on any atom is -0.382 e. The normalized spacial score (nSPS) is 19.4. The van der Waals surface area contributed by atoms with E-state index < -0.39 is 5.66 Å². The highest BCUT2D eigenvalue weighted by Crippen LogP contribution is 2.45. The van der Waals surface area contributed by atoms with Gasteiger partial charge in [-0.1, -0.05) is 31.5 Å². The number of hydrogen-bond acceptors (Lipinski definition) is 6. The lowest BCUT2D eigenvalue weighted by Gasteiger charge is -2.35. The van der Waals surface area contributed by atoms with E-state index in [9.17, 15) is 0 Å². The van der Waals surface area contributed by atoms with Gasteiger partial charge < -0.3 is 22.1 Å². The molecule has 6 N–H and O–H groups in total. The highest BCUT2D eigenvalue weighted by molar-refractivity contribution is 6.05. The first kappa shape index (κ1) is 17.5. The van der Waals surface area contributed by atoms with E-state index in [1.807, 2.05) is 25.3 Å². The van der Waals surface area contributed by atoms with Crippen LogP contribution in [-0.4, -0.2) is 21.7 Å². The summed E-state index contributed by atoms with van der Waals surface area (Å²) in [5.74, 6) is 0.493. The van der Waals surface area contributed by atoms with Gasteiger partial charge in [-0.2, -0.15) is 0 Å². The molecule has 1 aliphatic heterocycles. The number of nitrogens with two attached hydrogens (primary N) is 2. The summed E-state index contributed by atoms with van der Waals surface area (Å²) in [7, 11) is 0. The molecule has 3 aromatic rings. The molecule has 0 amide bonds. The molecular weight excluding hydrogens is 336 g/mol. The van der Waals surface area contributed by atoms with E-state index in [1.165, 1.54) is 0 Å². The lowest BCUT2D eigenvalue weighted by Crippen LogP contribution is -2.55. The topological polar surface area (TPSA) is 102 Å². The van der Waals surface area contributed by atoms with E-state index in [2.05, 4.69) is 45.7 Å². The first-order valence-electron chi connectivity index (χ1n) is 9.49. The number of nitrogens with zero attached hydrogens (tertiary/aromatic N) is 2. The summed E-state index contributed by atoms with van der Waals surface area (Å²) < 4.78 is 0. The molecular formula is C21H26N6. The maximum absolute atomic E-state index is 6.35. The molecule has 1 aliphatic rings. The van der Waals surface area contributed by atoms with Crippen LogP contribution in [0.25, 0.3) is 22.0 Å². The molecule has 2 atom stereocenters. The third-order valence-corrected chi connectivity index (χ3v) is 5.41. The summed E-state index contributed by atoms with van der Waals surface area (Å²) in [6.07, 6.45) is 6.73. The van der Waals surface area contributed by atoms with Gasteiger partial charge in [-0.15, -0.1) is 0 Å². The summed E-state index contributed by atoms with van der Waals surface area (Å²) in [4.78, 5) is 8.85. The summed E-state index contributed by atoms with van der Waals surface area (Å²) >= 11 is 0. The third-order valence-electron chi connectivity index (χ3n) is 5.41. The smallest absolute Gasteiger partial charge is 0.149 e. The molecule has 140 valence electrons. The molecule has 0 saturated heterocycles. The van der Waals surface area contributed by atoms with Gasteiger partial charge in [-0.3, -0.25) is 4.98 Å². The highest BCUT2D eigenvalue weighted by atomic mass is 15.3. The Morgan fingerprint density at radius 2 is 1.96 bits per heavy atom. The van der Waals surface area contributed by atoms with Crippen LogP contribution in [0.5, 0.6) is 0 Å². The van der Waals surface area contributed by atoms with Gasteiger partial charge in [0, 0.05) is 29.4 Å². The van der Waals surface area contributed by atoms with Crippen LogP contribution < -0.4 is 22.1 Å². The van der Waals surface area contributed by atoms with E-state index in [4.69, 9.17) is 11.5 Å². The van der Waals surface area contributed by atoms with Crippen molar-refractivity contribution in [3.05, 3.63) is 42.7 Å². The summed E-state index contributed by atoms with van der Waals surface area (Å²) in [6, 6.07) is 10.1. The molecule has 6 nitrogen and oxygen atoms in total. The SMILES string of the molecule is CCCCC1(C(C)N)Nc2c(N)nc3cc(-c4cccnc4)ccc3c2N1. The van der Waals surface area contributed by atoms with E-state index in [0.29, 0.717) is 5.82 Å². The third kappa shape index (κ3) is 2.96. The number of hydrogen-bond donors (Lipinski definition) is 4. The van der Waals surface area contributed by atoms with Crippen LogP contribution in [0.4, 0.5) is 17.2 Å². The molecule has 2 unspecified atom stereocenters. The first-order chi connectivity index (χ1) is 13.0. The van der Waals surface area contributed by atoms with Crippen LogP contribution in [0.2, 0.25) is 0 Å². The molecule has 6 heteroatoms. The maximum Gasteiger partial charge on any atom is 0.149 e. The van der Waals surface area contributed by atoms with Crippen LogP contribution in [0.1, 0.15) is 33.1 Å². The lowest BCUT2D eigenvalue weighted by molar-refractivity contribution is 0.411. The maximum atomic E-state index is 6.35. The van der Waals surface area contributed by atoms with E-state index >= 15 is 0 Å². The average molecular weight is 362 g/mol. The Bertz CT molecular complexity index is 969. The van der Waals surface area contributed by atoms with Crippen molar-refractivity contribution in [1.29, 1.82) is 0 Å². The van der Waals surface area contributed by atoms with Crippen molar-refractivity contribution in [1.82, 2.24) is 9.97 Å². The molecule has 2 aromatic heterocycles. The quantitative estimate of drug-likeness (QED) is 0.548. The molecule has 27 heavy (non-hydrogen) atoms. The Morgan fingerprint density at radius 3 is 2.67 bits per heavy atom. The van der Waals surface area contributed by atoms with E-state index in [1.54, 1.807) is 6.20 Å². The number of nitrogen functional groups attached to an aromatic ring is 1. The van der Waals surface area contributed by atoms with Crippen molar-refractivity contribution in [2.75, 3.05) is 16.4 Å². The van der Waals surface area contributed by atoms with E-state index in [0.717, 1.165) is 52.7 Å². The predicted octanol–water partition coefficient (Wildman–Crippen LogP) is 3.95. The Morgan fingerprint density at radius 1 is 1.15 bits per heavy atom. The zero-order chi connectivity index (χ0) is 19.0. The number of unbranched alkanes of at least 4 members (excludes halogenated alkanes) is 1. The zero-order valence-electron chi connectivity index (χ0n) is 15.8. The fourth-order valence-corrected chi connectivity index (χ4v) is 3.77. The van der Waals surface area contributed by atoms with Gasteiger partial charge in [0.05, 0.1) is 11.2 Å². The Hall–Kier alpha value is -2.86. The second kappa shape index (κ2) is 6.70. The summed E-state index contributed by atoms with van der Waals surface area (Å²) in [5, 5.41) is 8.25. The number of anilines is 3. The number of nitrogens with one attached hydrogen (secondary N) is 2. The fourth-order valence-electron chi connectivity index (χ4n) is 3.77. The molecule has 3 heterocycles. The van der Waals surface area contributed by atoms with Crippen molar-refractivity contribution in [2.24, 2.45) is 5.73 Å². The van der Waals surface area contributed by atoms with Crippen LogP contribution in [0.15, 0.2) is 42.7 Å². The zero-order valence-corrected chi connectivity index (χ0v) is 15.8. The molecule has 0 aliphatic carbocycles. The van der Waals surface area contributed by atoms with Gasteiger partial charge in [-0.05, 0) is 37.5 Å². The average Bonchev–Trinajstić information content (AvgIpc) is 3.09.